The van der Waals surface area contributed by atoms with Gasteiger partial charge in [-0.05, 0) is 50.1 Å². The highest BCUT2D eigenvalue weighted by atomic mass is 32.2. The third-order valence-corrected chi connectivity index (χ3v) is 6.39. The third-order valence-electron chi connectivity index (χ3n) is 3.84. The molecule has 0 aliphatic rings. The molecule has 1 aromatic heterocycles. The lowest BCUT2D eigenvalue weighted by Gasteiger charge is -2.07. The molecule has 0 bridgehead atoms. The van der Waals surface area contributed by atoms with Crippen molar-refractivity contribution in [2.75, 3.05) is 11.2 Å². The van der Waals surface area contributed by atoms with Crippen LogP contribution in [0.4, 0.5) is 5.13 Å². The van der Waals surface area contributed by atoms with Gasteiger partial charge in [-0.15, -0.1) is 0 Å². The van der Waals surface area contributed by atoms with Gasteiger partial charge in [0.2, 0.25) is 5.13 Å². The molecular weight excluding hydrogens is 370 g/mol. The number of sulfone groups is 1. The number of aryl methyl sites for hydroxylation is 3. The summed E-state index contributed by atoms with van der Waals surface area (Å²) in [6, 6.07) is 10.5. The highest BCUT2D eigenvalue weighted by molar-refractivity contribution is 7.92. The first-order chi connectivity index (χ1) is 12.2. The number of benzene rings is 2. The highest BCUT2D eigenvalue weighted by Crippen LogP contribution is 2.28. The van der Waals surface area contributed by atoms with E-state index >= 15 is 0 Å². The number of fused-ring (bicyclic) bond motifs is 1. The molecule has 3 aromatic rings. The van der Waals surface area contributed by atoms with Crippen molar-refractivity contribution in [3.63, 3.8) is 0 Å². The molecule has 0 aliphatic carbocycles. The minimum Gasteiger partial charge on any atom is -0.273 e. The summed E-state index contributed by atoms with van der Waals surface area (Å²) in [7, 11) is -3.69. The molecule has 0 aliphatic heterocycles. The Morgan fingerprint density at radius 2 is 1.77 bits per heavy atom. The second-order valence-corrected chi connectivity index (χ2v) is 9.21. The van der Waals surface area contributed by atoms with Crippen LogP contribution < -0.4 is 10.9 Å². The molecule has 0 atom stereocenters. The lowest BCUT2D eigenvalue weighted by molar-refractivity contribution is -0.118. The molecule has 2 N–H and O–H groups in total. The first kappa shape index (κ1) is 18.3. The van der Waals surface area contributed by atoms with Crippen molar-refractivity contribution in [2.45, 2.75) is 25.7 Å². The van der Waals surface area contributed by atoms with Gasteiger partial charge in [-0.2, -0.15) is 0 Å². The fourth-order valence-electron chi connectivity index (χ4n) is 2.58. The van der Waals surface area contributed by atoms with E-state index < -0.39 is 21.5 Å². The van der Waals surface area contributed by atoms with Crippen molar-refractivity contribution < 1.29 is 13.2 Å². The van der Waals surface area contributed by atoms with Gasteiger partial charge in [0.05, 0.1) is 15.1 Å². The Morgan fingerprint density at radius 1 is 1.08 bits per heavy atom. The summed E-state index contributed by atoms with van der Waals surface area (Å²) >= 11 is 1.40. The molecule has 8 heteroatoms. The Morgan fingerprint density at radius 3 is 2.46 bits per heavy atom. The van der Waals surface area contributed by atoms with Gasteiger partial charge in [-0.1, -0.05) is 35.1 Å². The maximum absolute atomic E-state index is 12.3. The summed E-state index contributed by atoms with van der Waals surface area (Å²) in [5, 5.41) is 0.509. The molecule has 0 radical (unpaired) electrons. The van der Waals surface area contributed by atoms with Gasteiger partial charge in [0.25, 0.3) is 5.91 Å². The van der Waals surface area contributed by atoms with Crippen molar-refractivity contribution in [3.8, 4) is 0 Å². The molecule has 26 heavy (non-hydrogen) atoms. The molecule has 1 heterocycles. The lowest BCUT2D eigenvalue weighted by Crippen LogP contribution is -2.34. The van der Waals surface area contributed by atoms with E-state index in [0.717, 1.165) is 26.9 Å². The van der Waals surface area contributed by atoms with Crippen LogP contribution in [0.3, 0.4) is 0 Å². The molecule has 3 rings (SSSR count). The third kappa shape index (κ3) is 4.03. The van der Waals surface area contributed by atoms with E-state index in [0.29, 0.717) is 5.13 Å². The highest BCUT2D eigenvalue weighted by Gasteiger charge is 2.19. The van der Waals surface area contributed by atoms with E-state index in [1.54, 1.807) is 12.1 Å². The largest absolute Gasteiger partial charge is 0.273 e. The normalized spacial score (nSPS) is 11.5. The SMILES string of the molecule is Cc1ccc(S(=O)(=O)CC(=O)NNc2nc3c(C)cc(C)cc3s2)cc1. The van der Waals surface area contributed by atoms with Crippen LogP contribution >= 0.6 is 11.3 Å². The van der Waals surface area contributed by atoms with Crippen molar-refractivity contribution >= 4 is 42.4 Å². The van der Waals surface area contributed by atoms with E-state index in [9.17, 15) is 13.2 Å². The zero-order chi connectivity index (χ0) is 18.9. The monoisotopic (exact) mass is 389 g/mol. The number of carbonyl (C=O) groups is 1. The fraction of sp³-hybridized carbons (Fsp3) is 0.222. The Balaban J connectivity index is 1.67. The molecule has 0 saturated carbocycles. The molecule has 2 aromatic carbocycles. The Labute approximate surface area is 156 Å². The van der Waals surface area contributed by atoms with Crippen LogP contribution in [0.5, 0.6) is 0 Å². The van der Waals surface area contributed by atoms with Crippen LogP contribution in [0.15, 0.2) is 41.3 Å². The number of hydrogen-bond acceptors (Lipinski definition) is 6. The van der Waals surface area contributed by atoms with Crippen LogP contribution in [0.25, 0.3) is 10.2 Å². The van der Waals surface area contributed by atoms with E-state index in [2.05, 4.69) is 15.8 Å². The average Bonchev–Trinajstić information content (AvgIpc) is 2.96. The summed E-state index contributed by atoms with van der Waals surface area (Å²) < 4.78 is 25.6. The van der Waals surface area contributed by atoms with Crippen molar-refractivity contribution in [3.05, 3.63) is 53.1 Å². The minimum atomic E-state index is -3.69. The predicted octanol–water partition coefficient (Wildman–Crippen LogP) is 3.14. The molecule has 6 nitrogen and oxygen atoms in total. The maximum Gasteiger partial charge on any atom is 0.253 e. The maximum atomic E-state index is 12.3. The van der Waals surface area contributed by atoms with E-state index in [1.807, 2.05) is 32.9 Å². The van der Waals surface area contributed by atoms with Crippen LogP contribution in [0.1, 0.15) is 16.7 Å². The summed E-state index contributed by atoms with van der Waals surface area (Å²) in [6.07, 6.45) is 0. The minimum absolute atomic E-state index is 0.129. The number of nitrogens with one attached hydrogen (secondary N) is 2. The summed E-state index contributed by atoms with van der Waals surface area (Å²) in [5.41, 5.74) is 9.13. The van der Waals surface area contributed by atoms with Crippen LogP contribution in [0, 0.1) is 20.8 Å². The summed E-state index contributed by atoms with van der Waals surface area (Å²) in [5.74, 6) is -1.27. The van der Waals surface area contributed by atoms with E-state index in [4.69, 9.17) is 0 Å². The Bertz CT molecular complexity index is 1070. The number of thiazole rings is 1. The molecule has 0 fully saturated rings. The standard InChI is InChI=1S/C18H19N3O3S2/c1-11-4-6-14(7-5-11)26(23,24)10-16(22)20-21-18-19-17-13(3)8-12(2)9-15(17)25-18/h4-9H,10H2,1-3H3,(H,19,21)(H,20,22). The van der Waals surface area contributed by atoms with Crippen LogP contribution in [-0.4, -0.2) is 25.1 Å². The quantitative estimate of drug-likeness (QED) is 0.655. The second-order valence-electron chi connectivity index (χ2n) is 6.19. The van der Waals surface area contributed by atoms with Gasteiger partial charge < -0.3 is 0 Å². The Kier molecular flexibility index (Phi) is 4.97. The second kappa shape index (κ2) is 7.05. The first-order valence-corrected chi connectivity index (χ1v) is 10.4. The molecular formula is C18H19N3O3S2. The van der Waals surface area contributed by atoms with Crippen LogP contribution in [-0.2, 0) is 14.6 Å². The van der Waals surface area contributed by atoms with Gasteiger partial charge in [0.1, 0.15) is 5.75 Å². The molecule has 1 amide bonds. The number of rotatable bonds is 5. The zero-order valence-corrected chi connectivity index (χ0v) is 16.3. The van der Waals surface area contributed by atoms with Gasteiger partial charge >= 0.3 is 0 Å². The first-order valence-electron chi connectivity index (χ1n) is 7.97. The van der Waals surface area contributed by atoms with Gasteiger partial charge in [0.15, 0.2) is 9.84 Å². The smallest absolute Gasteiger partial charge is 0.253 e. The Hall–Kier alpha value is -2.45. The predicted molar refractivity (Wildman–Crippen MR) is 104 cm³/mol. The van der Waals surface area contributed by atoms with Crippen molar-refractivity contribution in [1.29, 1.82) is 0 Å². The number of nitrogens with zero attached hydrogens (tertiary/aromatic N) is 1. The van der Waals surface area contributed by atoms with E-state index in [-0.39, 0.29) is 4.90 Å². The van der Waals surface area contributed by atoms with Gasteiger partial charge in [-0.25, -0.2) is 13.4 Å². The summed E-state index contributed by atoms with van der Waals surface area (Å²) in [4.78, 5) is 16.6. The number of hydrogen-bond donors (Lipinski definition) is 2. The van der Waals surface area contributed by atoms with E-state index in [1.165, 1.54) is 23.5 Å². The number of carbonyl (C=O) groups excluding carboxylic acids is 1. The average molecular weight is 390 g/mol. The molecule has 0 unspecified atom stereocenters. The van der Waals surface area contributed by atoms with Gasteiger partial charge in [0, 0.05) is 0 Å². The van der Waals surface area contributed by atoms with Crippen LogP contribution in [0.2, 0.25) is 0 Å². The molecule has 0 saturated heterocycles. The van der Waals surface area contributed by atoms with Gasteiger partial charge in [-0.3, -0.25) is 15.6 Å². The number of anilines is 1. The lowest BCUT2D eigenvalue weighted by atomic mass is 10.1. The zero-order valence-electron chi connectivity index (χ0n) is 14.7. The number of amides is 1. The molecule has 136 valence electrons. The number of hydrazine groups is 1. The van der Waals surface area contributed by atoms with Crippen molar-refractivity contribution in [2.24, 2.45) is 0 Å². The van der Waals surface area contributed by atoms with Crippen molar-refractivity contribution in [1.82, 2.24) is 10.4 Å². The summed E-state index contributed by atoms with van der Waals surface area (Å²) in [6.45, 7) is 5.86. The topological polar surface area (TPSA) is 88.2 Å². The molecule has 0 spiro atoms. The number of aromatic nitrogens is 1. The fourth-order valence-corrected chi connectivity index (χ4v) is 4.72.